The number of benzene rings is 2. The van der Waals surface area contributed by atoms with Gasteiger partial charge in [-0.1, -0.05) is 30.3 Å². The van der Waals surface area contributed by atoms with Crippen molar-refractivity contribution in [1.82, 2.24) is 4.74 Å². The fourth-order valence-corrected chi connectivity index (χ4v) is 2.26. The number of amides is 1. The van der Waals surface area contributed by atoms with Crippen LogP contribution in [0, 0.1) is 6.92 Å². The lowest BCUT2D eigenvalue weighted by Gasteiger charge is -2.11. The third kappa shape index (κ3) is 3.08. The van der Waals surface area contributed by atoms with Crippen LogP contribution in [-0.2, 0) is 7.05 Å². The number of hydrogen-bond acceptors (Lipinski definition) is 4. The van der Waals surface area contributed by atoms with Gasteiger partial charge in [0, 0.05) is 7.05 Å². The second kappa shape index (κ2) is 6.45. The van der Waals surface area contributed by atoms with Crippen LogP contribution in [0.25, 0.3) is 0 Å². The third-order valence-corrected chi connectivity index (χ3v) is 3.59. The Balaban J connectivity index is 1.88. The number of nitrogens with one attached hydrogen (secondary N) is 1. The van der Waals surface area contributed by atoms with Crippen LogP contribution in [0.1, 0.15) is 16.1 Å². The zero-order valence-corrected chi connectivity index (χ0v) is 13.3. The van der Waals surface area contributed by atoms with Gasteiger partial charge < -0.3 is 14.6 Å². The molecule has 0 atom stereocenters. The maximum atomic E-state index is 12.4. The van der Waals surface area contributed by atoms with E-state index in [0.717, 1.165) is 0 Å². The van der Waals surface area contributed by atoms with E-state index in [0.29, 0.717) is 22.9 Å². The smallest absolute Gasteiger partial charge is 0.370 e. The molecule has 1 amide bonds. The number of ether oxygens (including phenoxy) is 1. The lowest BCUT2D eigenvalue weighted by atomic mass is 10.2. The minimum atomic E-state index is -0.672. The molecule has 0 fully saturated rings. The number of hydrogen-bond donors (Lipinski definition) is 1. The standard InChI is InChI=1S/C18H16N2O4/c1-12-16(18(22)24-20(12)2)17(21)19-14-10-6-7-11-15(14)23-13-8-4-3-5-9-13/h3-11H,1-2H3,(H,19,21). The number of rotatable bonds is 4. The van der Waals surface area contributed by atoms with Gasteiger partial charge in [0.15, 0.2) is 5.75 Å². The van der Waals surface area contributed by atoms with Crippen LogP contribution in [0.3, 0.4) is 0 Å². The van der Waals surface area contributed by atoms with Crippen LogP contribution < -0.4 is 15.7 Å². The topological polar surface area (TPSA) is 73.5 Å². The first-order valence-electron chi connectivity index (χ1n) is 7.36. The van der Waals surface area contributed by atoms with E-state index in [2.05, 4.69) is 5.32 Å². The van der Waals surface area contributed by atoms with Crippen molar-refractivity contribution in [2.45, 2.75) is 6.92 Å². The van der Waals surface area contributed by atoms with Crippen LogP contribution >= 0.6 is 0 Å². The van der Waals surface area contributed by atoms with E-state index < -0.39 is 11.5 Å². The second-order valence-electron chi connectivity index (χ2n) is 5.20. The van der Waals surface area contributed by atoms with Gasteiger partial charge in [-0.2, -0.15) is 0 Å². The molecular formula is C18H16N2O4. The lowest BCUT2D eigenvalue weighted by Crippen LogP contribution is -2.19. The van der Waals surface area contributed by atoms with Crippen LogP contribution in [0.15, 0.2) is 63.9 Å². The molecule has 122 valence electrons. The Bertz CT molecular complexity index is 926. The number of aryl methyl sites for hydroxylation is 1. The van der Waals surface area contributed by atoms with Crippen LogP contribution in [0.4, 0.5) is 5.69 Å². The molecule has 1 heterocycles. The predicted molar refractivity (Wildman–Crippen MR) is 89.6 cm³/mol. The Morgan fingerprint density at radius 2 is 1.75 bits per heavy atom. The van der Waals surface area contributed by atoms with Crippen molar-refractivity contribution in [3.05, 3.63) is 76.3 Å². The minimum absolute atomic E-state index is 0.0213. The Morgan fingerprint density at radius 3 is 2.42 bits per heavy atom. The number of nitrogens with zero attached hydrogens (tertiary/aromatic N) is 1. The van der Waals surface area contributed by atoms with Crippen molar-refractivity contribution in [3.63, 3.8) is 0 Å². The van der Waals surface area contributed by atoms with Crippen molar-refractivity contribution in [3.8, 4) is 11.5 Å². The van der Waals surface area contributed by atoms with Crippen LogP contribution in [-0.4, -0.2) is 10.6 Å². The zero-order valence-electron chi connectivity index (χ0n) is 13.3. The quantitative estimate of drug-likeness (QED) is 0.799. The van der Waals surface area contributed by atoms with E-state index in [4.69, 9.17) is 9.26 Å². The summed E-state index contributed by atoms with van der Waals surface area (Å²) in [6.07, 6.45) is 0. The van der Waals surface area contributed by atoms with Crippen molar-refractivity contribution in [2.24, 2.45) is 7.05 Å². The first-order chi connectivity index (χ1) is 11.6. The fraction of sp³-hybridized carbons (Fsp3) is 0.111. The fourth-order valence-electron chi connectivity index (χ4n) is 2.26. The highest BCUT2D eigenvalue weighted by Gasteiger charge is 2.20. The molecule has 0 radical (unpaired) electrons. The summed E-state index contributed by atoms with van der Waals surface area (Å²) in [4.78, 5) is 24.2. The van der Waals surface area contributed by atoms with Gasteiger partial charge in [-0.25, -0.2) is 9.53 Å². The molecule has 0 saturated carbocycles. The summed E-state index contributed by atoms with van der Waals surface area (Å²) in [6, 6.07) is 16.2. The zero-order chi connectivity index (χ0) is 17.1. The van der Waals surface area contributed by atoms with Gasteiger partial charge in [0.1, 0.15) is 11.3 Å². The van der Waals surface area contributed by atoms with Gasteiger partial charge >= 0.3 is 5.63 Å². The normalized spacial score (nSPS) is 10.4. The molecule has 0 aliphatic rings. The van der Waals surface area contributed by atoms with E-state index in [1.165, 1.54) is 4.74 Å². The third-order valence-electron chi connectivity index (χ3n) is 3.59. The molecule has 6 nitrogen and oxygen atoms in total. The van der Waals surface area contributed by atoms with E-state index in [9.17, 15) is 9.59 Å². The second-order valence-corrected chi connectivity index (χ2v) is 5.20. The van der Waals surface area contributed by atoms with Gasteiger partial charge in [0.2, 0.25) is 0 Å². The van der Waals surface area contributed by atoms with Crippen molar-refractivity contribution in [1.29, 1.82) is 0 Å². The van der Waals surface area contributed by atoms with Crippen molar-refractivity contribution >= 4 is 11.6 Å². The Labute approximate surface area is 138 Å². The lowest BCUT2D eigenvalue weighted by molar-refractivity contribution is 0.102. The Kier molecular flexibility index (Phi) is 4.20. The maximum Gasteiger partial charge on any atom is 0.370 e. The van der Waals surface area contributed by atoms with Crippen molar-refractivity contribution in [2.75, 3.05) is 5.32 Å². The average Bonchev–Trinajstić information content (AvgIpc) is 2.83. The molecule has 0 aliphatic heterocycles. The molecule has 2 aromatic carbocycles. The van der Waals surface area contributed by atoms with Crippen LogP contribution in [0.5, 0.6) is 11.5 Å². The Morgan fingerprint density at radius 1 is 1.08 bits per heavy atom. The van der Waals surface area contributed by atoms with Gasteiger partial charge in [0.25, 0.3) is 5.91 Å². The minimum Gasteiger partial charge on any atom is -0.455 e. The van der Waals surface area contributed by atoms with Crippen LogP contribution in [0.2, 0.25) is 0 Å². The monoisotopic (exact) mass is 324 g/mol. The van der Waals surface area contributed by atoms with Gasteiger partial charge in [-0.15, -0.1) is 0 Å². The maximum absolute atomic E-state index is 12.4. The molecule has 0 spiro atoms. The number of para-hydroxylation sites is 3. The largest absolute Gasteiger partial charge is 0.455 e. The molecule has 0 bridgehead atoms. The summed E-state index contributed by atoms with van der Waals surface area (Å²) < 4.78 is 12.0. The van der Waals surface area contributed by atoms with E-state index in [1.807, 2.05) is 30.3 Å². The number of carbonyl (C=O) groups excluding carboxylic acids is 1. The number of carbonyl (C=O) groups is 1. The molecule has 0 unspecified atom stereocenters. The molecule has 0 saturated heterocycles. The summed E-state index contributed by atoms with van der Waals surface area (Å²) in [7, 11) is 1.57. The highest BCUT2D eigenvalue weighted by molar-refractivity contribution is 6.05. The number of aromatic nitrogens is 1. The Hall–Kier alpha value is -3.28. The number of anilines is 1. The molecule has 6 heteroatoms. The first kappa shape index (κ1) is 15.6. The summed E-state index contributed by atoms with van der Waals surface area (Å²) in [6.45, 7) is 1.65. The summed E-state index contributed by atoms with van der Waals surface area (Å²) in [5.41, 5.74) is 0.230. The van der Waals surface area contributed by atoms with E-state index in [1.54, 1.807) is 38.2 Å². The summed E-state index contributed by atoms with van der Waals surface area (Å²) >= 11 is 0. The highest BCUT2D eigenvalue weighted by Crippen LogP contribution is 2.29. The van der Waals surface area contributed by atoms with Gasteiger partial charge in [-0.05, 0) is 31.2 Å². The predicted octanol–water partition coefficient (Wildman–Crippen LogP) is 3.33. The summed E-state index contributed by atoms with van der Waals surface area (Å²) in [5, 5.41) is 2.70. The molecule has 1 N–H and O–H groups in total. The molecule has 24 heavy (non-hydrogen) atoms. The van der Waals surface area contributed by atoms with Gasteiger partial charge in [0.05, 0.1) is 11.4 Å². The molecule has 0 aliphatic carbocycles. The first-order valence-corrected chi connectivity index (χ1v) is 7.36. The molecule has 3 aromatic rings. The highest BCUT2D eigenvalue weighted by atomic mass is 16.5. The SMILES string of the molecule is Cc1c(C(=O)Nc2ccccc2Oc2ccccc2)c(=O)on1C. The average molecular weight is 324 g/mol. The molecular weight excluding hydrogens is 308 g/mol. The van der Waals surface area contributed by atoms with Crippen molar-refractivity contribution < 1.29 is 14.1 Å². The van der Waals surface area contributed by atoms with E-state index in [-0.39, 0.29) is 5.56 Å². The molecule has 3 rings (SSSR count). The van der Waals surface area contributed by atoms with Gasteiger partial charge in [-0.3, -0.25) is 4.79 Å². The molecule has 1 aromatic heterocycles. The summed E-state index contributed by atoms with van der Waals surface area (Å²) in [5.74, 6) is 0.593. The van der Waals surface area contributed by atoms with E-state index >= 15 is 0 Å².